The number of nitrogens with one attached hydrogen (secondary N) is 2. The van der Waals surface area contributed by atoms with Crippen molar-refractivity contribution in [3.8, 4) is 0 Å². The third-order valence-corrected chi connectivity index (χ3v) is 2.81. The maximum absolute atomic E-state index is 12.8. The summed E-state index contributed by atoms with van der Waals surface area (Å²) in [6.45, 7) is 2.42. The lowest BCUT2D eigenvalue weighted by atomic mass is 10.2. The zero-order valence-electron chi connectivity index (χ0n) is 9.93. The summed E-state index contributed by atoms with van der Waals surface area (Å²) in [5, 5.41) is 5.10. The molecule has 1 rings (SSSR count). The summed E-state index contributed by atoms with van der Waals surface area (Å²) < 4.78 is 13.2. The molecule has 2 N–H and O–H groups in total. The molecule has 2 amide bonds. The highest BCUT2D eigenvalue weighted by molar-refractivity contribution is 9.10. The Balaban J connectivity index is 2.53. The van der Waals surface area contributed by atoms with Gasteiger partial charge in [-0.1, -0.05) is 6.92 Å². The fraction of sp³-hybridized carbons (Fsp3) is 0.333. The van der Waals surface area contributed by atoms with E-state index in [0.717, 1.165) is 6.42 Å². The number of carbonyl (C=O) groups excluding carboxylic acids is 2. The fourth-order valence-electron chi connectivity index (χ4n) is 1.26. The van der Waals surface area contributed by atoms with Gasteiger partial charge in [-0.15, -0.1) is 0 Å². The molecule has 18 heavy (non-hydrogen) atoms. The Morgan fingerprint density at radius 1 is 1.33 bits per heavy atom. The summed E-state index contributed by atoms with van der Waals surface area (Å²) in [4.78, 5) is 23.0. The summed E-state index contributed by atoms with van der Waals surface area (Å²) in [5.41, 5.74) is 0.291. The van der Waals surface area contributed by atoms with Crippen LogP contribution in [0.25, 0.3) is 0 Å². The minimum Gasteiger partial charge on any atom is -0.355 e. The Morgan fingerprint density at radius 3 is 2.67 bits per heavy atom. The van der Waals surface area contributed by atoms with Crippen LogP contribution < -0.4 is 10.6 Å². The predicted octanol–water partition coefficient (Wildman–Crippen LogP) is 1.84. The number of hydrogen-bond acceptors (Lipinski definition) is 2. The van der Waals surface area contributed by atoms with E-state index in [9.17, 15) is 14.0 Å². The van der Waals surface area contributed by atoms with Crippen molar-refractivity contribution in [1.29, 1.82) is 0 Å². The Labute approximate surface area is 113 Å². The maximum atomic E-state index is 12.8. The van der Waals surface area contributed by atoms with E-state index in [1.807, 2.05) is 6.92 Å². The van der Waals surface area contributed by atoms with Gasteiger partial charge in [-0.25, -0.2) is 4.39 Å². The molecule has 0 bridgehead atoms. The van der Waals surface area contributed by atoms with Crippen LogP contribution in [0.4, 0.5) is 4.39 Å². The number of carbonyl (C=O) groups is 2. The fourth-order valence-corrected chi connectivity index (χ4v) is 1.79. The highest BCUT2D eigenvalue weighted by Crippen LogP contribution is 2.17. The van der Waals surface area contributed by atoms with E-state index >= 15 is 0 Å². The lowest BCUT2D eigenvalue weighted by Crippen LogP contribution is -2.37. The van der Waals surface area contributed by atoms with Gasteiger partial charge in [0.1, 0.15) is 5.82 Å². The molecule has 6 heteroatoms. The molecule has 0 aliphatic rings. The largest absolute Gasteiger partial charge is 0.355 e. The van der Waals surface area contributed by atoms with Crippen LogP contribution in [0.1, 0.15) is 23.7 Å². The molecule has 0 aliphatic heterocycles. The van der Waals surface area contributed by atoms with E-state index in [4.69, 9.17) is 0 Å². The number of hydrogen-bond donors (Lipinski definition) is 2. The first kappa shape index (κ1) is 14.6. The first-order valence-electron chi connectivity index (χ1n) is 5.54. The molecule has 1 aromatic rings. The standard InChI is InChI=1S/C12H14BrFN2O2/c1-2-5-15-11(17)7-16-12(18)9-4-3-8(14)6-10(9)13/h3-4,6H,2,5,7H2,1H3,(H,15,17)(H,16,18). The highest BCUT2D eigenvalue weighted by atomic mass is 79.9. The van der Waals surface area contributed by atoms with Gasteiger partial charge in [0.05, 0.1) is 12.1 Å². The van der Waals surface area contributed by atoms with Crippen molar-refractivity contribution < 1.29 is 14.0 Å². The minimum atomic E-state index is -0.431. The first-order chi connectivity index (χ1) is 8.54. The van der Waals surface area contributed by atoms with Crippen LogP contribution in [-0.4, -0.2) is 24.9 Å². The third kappa shape index (κ3) is 4.44. The normalized spacial score (nSPS) is 9.94. The molecule has 0 atom stereocenters. The monoisotopic (exact) mass is 316 g/mol. The Bertz CT molecular complexity index is 452. The van der Waals surface area contributed by atoms with Gasteiger partial charge in [0.15, 0.2) is 0 Å². The van der Waals surface area contributed by atoms with Crippen LogP contribution in [0.5, 0.6) is 0 Å². The van der Waals surface area contributed by atoms with E-state index in [1.165, 1.54) is 18.2 Å². The molecule has 0 heterocycles. The second-order valence-corrected chi connectivity index (χ2v) is 4.51. The van der Waals surface area contributed by atoms with E-state index in [1.54, 1.807) is 0 Å². The molecule has 0 aromatic heterocycles. The van der Waals surface area contributed by atoms with Gasteiger partial charge >= 0.3 is 0 Å². The van der Waals surface area contributed by atoms with E-state index < -0.39 is 11.7 Å². The molecular formula is C12H14BrFN2O2. The average Bonchev–Trinajstić information content (AvgIpc) is 2.33. The van der Waals surface area contributed by atoms with Gasteiger partial charge in [-0.2, -0.15) is 0 Å². The van der Waals surface area contributed by atoms with Crippen LogP contribution in [0.3, 0.4) is 0 Å². The van der Waals surface area contributed by atoms with Crippen molar-refractivity contribution in [1.82, 2.24) is 10.6 Å². The summed E-state index contributed by atoms with van der Waals surface area (Å²) >= 11 is 3.10. The quantitative estimate of drug-likeness (QED) is 0.871. The lowest BCUT2D eigenvalue weighted by molar-refractivity contribution is -0.120. The van der Waals surface area contributed by atoms with Gasteiger partial charge in [0.2, 0.25) is 5.91 Å². The van der Waals surface area contributed by atoms with Gasteiger partial charge < -0.3 is 10.6 Å². The van der Waals surface area contributed by atoms with Crippen molar-refractivity contribution in [2.75, 3.05) is 13.1 Å². The SMILES string of the molecule is CCCNC(=O)CNC(=O)c1ccc(F)cc1Br. The molecule has 1 aromatic carbocycles. The number of amides is 2. The Morgan fingerprint density at radius 2 is 2.06 bits per heavy atom. The van der Waals surface area contributed by atoms with Crippen molar-refractivity contribution in [3.63, 3.8) is 0 Å². The molecule has 0 fully saturated rings. The molecule has 0 saturated carbocycles. The lowest BCUT2D eigenvalue weighted by Gasteiger charge is -2.07. The zero-order valence-corrected chi connectivity index (χ0v) is 11.5. The summed E-state index contributed by atoms with van der Waals surface area (Å²) in [5.74, 6) is -1.10. The van der Waals surface area contributed by atoms with Gasteiger partial charge in [-0.3, -0.25) is 9.59 Å². The van der Waals surface area contributed by atoms with Crippen LogP contribution in [-0.2, 0) is 4.79 Å². The molecule has 0 unspecified atom stereocenters. The minimum absolute atomic E-state index is 0.0946. The number of rotatable bonds is 5. The summed E-state index contributed by atoms with van der Waals surface area (Å²) in [6.07, 6.45) is 0.837. The number of benzene rings is 1. The third-order valence-electron chi connectivity index (χ3n) is 2.16. The molecule has 0 spiro atoms. The number of halogens is 2. The molecule has 4 nitrogen and oxygen atoms in total. The second-order valence-electron chi connectivity index (χ2n) is 3.66. The van der Waals surface area contributed by atoms with Crippen LogP contribution in [0.15, 0.2) is 22.7 Å². The van der Waals surface area contributed by atoms with Crippen molar-refractivity contribution in [2.45, 2.75) is 13.3 Å². The van der Waals surface area contributed by atoms with Gasteiger partial charge in [-0.05, 0) is 40.5 Å². The summed E-state index contributed by atoms with van der Waals surface area (Å²) in [6, 6.07) is 3.75. The van der Waals surface area contributed by atoms with Crippen molar-refractivity contribution in [2.24, 2.45) is 0 Å². The molecular weight excluding hydrogens is 303 g/mol. The Kier molecular flexibility index (Phi) is 5.77. The molecule has 0 aliphatic carbocycles. The second kappa shape index (κ2) is 7.10. The molecule has 98 valence electrons. The van der Waals surface area contributed by atoms with Crippen LogP contribution in [0.2, 0.25) is 0 Å². The molecule has 0 saturated heterocycles. The zero-order chi connectivity index (χ0) is 13.5. The predicted molar refractivity (Wildman–Crippen MR) is 69.7 cm³/mol. The van der Waals surface area contributed by atoms with E-state index in [-0.39, 0.29) is 12.5 Å². The highest BCUT2D eigenvalue weighted by Gasteiger charge is 2.11. The van der Waals surface area contributed by atoms with E-state index in [0.29, 0.717) is 16.6 Å². The van der Waals surface area contributed by atoms with Crippen molar-refractivity contribution >= 4 is 27.7 Å². The van der Waals surface area contributed by atoms with E-state index in [2.05, 4.69) is 26.6 Å². The van der Waals surface area contributed by atoms with Crippen LogP contribution >= 0.6 is 15.9 Å². The van der Waals surface area contributed by atoms with Gasteiger partial charge in [0, 0.05) is 11.0 Å². The topological polar surface area (TPSA) is 58.2 Å². The first-order valence-corrected chi connectivity index (χ1v) is 6.34. The smallest absolute Gasteiger partial charge is 0.252 e. The molecule has 0 radical (unpaired) electrons. The van der Waals surface area contributed by atoms with Crippen LogP contribution in [0, 0.1) is 5.82 Å². The maximum Gasteiger partial charge on any atom is 0.252 e. The van der Waals surface area contributed by atoms with Crippen molar-refractivity contribution in [3.05, 3.63) is 34.1 Å². The average molecular weight is 317 g/mol. The van der Waals surface area contributed by atoms with Gasteiger partial charge in [0.25, 0.3) is 5.91 Å². The summed E-state index contributed by atoms with van der Waals surface area (Å²) in [7, 11) is 0. The Hall–Kier alpha value is -1.43.